The van der Waals surface area contributed by atoms with Crippen molar-refractivity contribution in [3.8, 4) is 0 Å². The molecule has 0 bridgehead atoms. The second-order valence-electron chi connectivity index (χ2n) is 7.10. The lowest BCUT2D eigenvalue weighted by Crippen LogP contribution is -2.19. The third kappa shape index (κ3) is 4.57. The van der Waals surface area contributed by atoms with E-state index in [4.69, 9.17) is 32.7 Å². The van der Waals surface area contributed by atoms with Gasteiger partial charge in [0.1, 0.15) is 22.2 Å². The Morgan fingerprint density at radius 3 is 2.75 bits per heavy atom. The van der Waals surface area contributed by atoms with Crippen LogP contribution in [0.2, 0.25) is 5.15 Å². The maximum Gasteiger partial charge on any atom is 0.193 e. The van der Waals surface area contributed by atoms with E-state index in [0.717, 1.165) is 11.1 Å². The Labute approximate surface area is 189 Å². The summed E-state index contributed by atoms with van der Waals surface area (Å²) in [6.07, 6.45) is 2.84. The van der Waals surface area contributed by atoms with E-state index in [-0.39, 0.29) is 28.2 Å². The fourth-order valence-electron chi connectivity index (χ4n) is 3.33. The number of allylic oxidation sites excluding steroid dienone is 1. The Hall–Kier alpha value is -3.85. The number of benzene rings is 1. The van der Waals surface area contributed by atoms with Crippen LogP contribution in [0, 0.1) is 6.92 Å². The van der Waals surface area contributed by atoms with Crippen LogP contribution in [0.3, 0.4) is 0 Å². The van der Waals surface area contributed by atoms with E-state index in [1.165, 1.54) is 18.5 Å². The summed E-state index contributed by atoms with van der Waals surface area (Å²) in [4.78, 5) is 20.9. The molecule has 0 spiro atoms. The van der Waals surface area contributed by atoms with Crippen molar-refractivity contribution < 1.29 is 9.62 Å². The first-order valence-corrected chi connectivity index (χ1v) is 10.0. The molecule has 2 aromatic heterocycles. The number of hydrogen-bond donors (Lipinski definition) is 4. The number of halogens is 1. The molecule has 6 N–H and O–H groups in total. The molecule has 32 heavy (non-hydrogen) atoms. The number of hydrogen-bond acceptors (Lipinski definition) is 8. The van der Waals surface area contributed by atoms with Gasteiger partial charge in [-0.2, -0.15) is 0 Å². The molecule has 0 aliphatic carbocycles. The van der Waals surface area contributed by atoms with Gasteiger partial charge >= 0.3 is 0 Å². The first-order chi connectivity index (χ1) is 15.3. The zero-order valence-electron chi connectivity index (χ0n) is 17.8. The van der Waals surface area contributed by atoms with Gasteiger partial charge in [0.05, 0.1) is 22.7 Å². The van der Waals surface area contributed by atoms with Gasteiger partial charge in [-0.3, -0.25) is 9.79 Å². The summed E-state index contributed by atoms with van der Waals surface area (Å²) in [6, 6.07) is 7.98. The summed E-state index contributed by atoms with van der Waals surface area (Å²) in [6.45, 7) is 3.78. The average Bonchev–Trinajstić information content (AvgIpc) is 2.77. The minimum Gasteiger partial charge on any atom is -0.455 e. The molecule has 1 unspecified atom stereocenters. The minimum atomic E-state index is -0.353. The van der Waals surface area contributed by atoms with Crippen molar-refractivity contribution in [3.63, 3.8) is 0 Å². The van der Waals surface area contributed by atoms with E-state index >= 15 is 0 Å². The van der Waals surface area contributed by atoms with Gasteiger partial charge < -0.3 is 26.4 Å². The van der Waals surface area contributed by atoms with Gasteiger partial charge in [-0.05, 0) is 37.6 Å². The first kappa shape index (κ1) is 22.8. The molecule has 3 aromatic rings. The lowest BCUT2D eigenvalue weighted by molar-refractivity contribution is 0.318. The van der Waals surface area contributed by atoms with Gasteiger partial charge in [0.15, 0.2) is 11.3 Å². The smallest absolute Gasteiger partial charge is 0.193 e. The zero-order valence-corrected chi connectivity index (χ0v) is 18.5. The molecular weight excluding hydrogens is 432 g/mol. The highest BCUT2D eigenvalue weighted by molar-refractivity contribution is 6.29. The number of aromatic nitrogens is 1. The predicted octanol–water partition coefficient (Wildman–Crippen LogP) is 3.42. The number of aryl methyl sites for hydroxylation is 1. The van der Waals surface area contributed by atoms with Crippen molar-refractivity contribution in [2.75, 3.05) is 12.4 Å². The van der Waals surface area contributed by atoms with Crippen LogP contribution in [0.4, 0.5) is 5.69 Å². The van der Waals surface area contributed by atoms with Gasteiger partial charge in [-0.25, -0.2) is 4.98 Å². The van der Waals surface area contributed by atoms with Crippen LogP contribution in [0.25, 0.3) is 16.5 Å². The molecule has 3 rings (SSSR count). The van der Waals surface area contributed by atoms with Crippen LogP contribution >= 0.6 is 11.6 Å². The quantitative estimate of drug-likeness (QED) is 0.146. The Kier molecular flexibility index (Phi) is 6.79. The zero-order chi connectivity index (χ0) is 23.4. The van der Waals surface area contributed by atoms with Crippen molar-refractivity contribution in [3.05, 3.63) is 74.5 Å². The maximum absolute atomic E-state index is 12.9. The number of anilines is 1. The number of pyridine rings is 1. The molecule has 0 saturated heterocycles. The minimum absolute atomic E-state index is 0.193. The molecule has 166 valence electrons. The summed E-state index contributed by atoms with van der Waals surface area (Å²) in [5, 5.41) is 16.0. The Morgan fingerprint density at radius 1 is 1.34 bits per heavy atom. The van der Waals surface area contributed by atoms with Crippen LogP contribution in [0.1, 0.15) is 35.5 Å². The third-order valence-corrected chi connectivity index (χ3v) is 4.99. The second kappa shape index (κ2) is 9.52. The van der Waals surface area contributed by atoms with Gasteiger partial charge in [0, 0.05) is 31.1 Å². The van der Waals surface area contributed by atoms with Crippen LogP contribution < -0.4 is 22.2 Å². The Bertz CT molecular complexity index is 1310. The van der Waals surface area contributed by atoms with Gasteiger partial charge in [0.2, 0.25) is 0 Å². The molecule has 0 fully saturated rings. The lowest BCUT2D eigenvalue weighted by Gasteiger charge is -2.19. The van der Waals surface area contributed by atoms with Gasteiger partial charge in [-0.1, -0.05) is 22.8 Å². The van der Waals surface area contributed by atoms with Crippen LogP contribution in [0.15, 0.2) is 55.9 Å². The van der Waals surface area contributed by atoms with E-state index in [1.807, 2.05) is 19.9 Å². The van der Waals surface area contributed by atoms with Crippen LogP contribution in [-0.4, -0.2) is 29.3 Å². The molecule has 2 heterocycles. The second-order valence-corrected chi connectivity index (χ2v) is 7.48. The number of aliphatic imine (C=N–C) groups is 1. The number of nitrogens with one attached hydrogen (secondary N) is 1. The summed E-state index contributed by atoms with van der Waals surface area (Å²) in [5.74, 6) is 0.111. The van der Waals surface area contributed by atoms with Crippen molar-refractivity contribution in [2.45, 2.75) is 19.9 Å². The van der Waals surface area contributed by atoms with E-state index in [9.17, 15) is 4.79 Å². The van der Waals surface area contributed by atoms with Crippen molar-refractivity contribution >= 4 is 45.9 Å². The molecule has 1 atom stereocenters. The topological polar surface area (TPSA) is 152 Å². The molecule has 9 nitrogen and oxygen atoms in total. The maximum atomic E-state index is 12.9. The molecule has 10 heteroatoms. The van der Waals surface area contributed by atoms with Crippen molar-refractivity contribution in [1.82, 2.24) is 4.98 Å². The molecule has 0 saturated carbocycles. The monoisotopic (exact) mass is 454 g/mol. The summed E-state index contributed by atoms with van der Waals surface area (Å²) >= 11 is 5.97. The third-order valence-electron chi connectivity index (χ3n) is 4.78. The number of nitrogens with zero attached hydrogens (tertiary/aromatic N) is 3. The largest absolute Gasteiger partial charge is 0.455 e. The first-order valence-electron chi connectivity index (χ1n) is 9.62. The van der Waals surface area contributed by atoms with Gasteiger partial charge in [0.25, 0.3) is 0 Å². The highest BCUT2D eigenvalue weighted by Gasteiger charge is 2.19. The average molecular weight is 455 g/mol. The molecule has 0 aliphatic heterocycles. The number of amidine groups is 1. The molecular formula is C22H23ClN6O3. The fraction of sp³-hybridized carbons (Fsp3) is 0.182. The number of rotatable bonds is 6. The van der Waals surface area contributed by atoms with Crippen molar-refractivity contribution in [1.29, 1.82) is 0 Å². The van der Waals surface area contributed by atoms with E-state index in [1.54, 1.807) is 25.2 Å². The Balaban J connectivity index is 2.16. The highest BCUT2D eigenvalue weighted by atomic mass is 35.5. The standard InChI is InChI=1S/C22H23ClN6O3/c1-11-6-14(12(2)27-16-4-5-19(23)28-20(16)22(25)29-31)21-15(7-11)17(30)8-18(32-21)13(9-24)10-26-3/h4-10,12,27,31H,24H2,1-3H3,(H2,25,29)/b13-9+,26-10?. The molecule has 0 aliphatic rings. The summed E-state index contributed by atoms with van der Waals surface area (Å²) in [5.41, 5.74) is 14.4. The Morgan fingerprint density at radius 2 is 2.09 bits per heavy atom. The van der Waals surface area contributed by atoms with Crippen molar-refractivity contribution in [2.24, 2.45) is 21.6 Å². The summed E-state index contributed by atoms with van der Waals surface area (Å²) < 4.78 is 6.11. The number of fused-ring (bicyclic) bond motifs is 1. The predicted molar refractivity (Wildman–Crippen MR) is 128 cm³/mol. The fourth-order valence-corrected chi connectivity index (χ4v) is 3.48. The molecule has 0 amide bonds. The lowest BCUT2D eigenvalue weighted by atomic mass is 10.0. The normalized spacial score (nSPS) is 13.6. The van der Waals surface area contributed by atoms with Gasteiger partial charge in [-0.15, -0.1) is 0 Å². The van der Waals surface area contributed by atoms with Crippen LogP contribution in [-0.2, 0) is 0 Å². The van der Waals surface area contributed by atoms with Crippen LogP contribution in [0.5, 0.6) is 0 Å². The van der Waals surface area contributed by atoms with E-state index in [2.05, 4.69) is 20.4 Å². The SMILES string of the molecule is CN=C/C(=C\N)c1cc(=O)c2cc(C)cc(C(C)Nc3ccc(Cl)nc3/C(N)=N/O)c2o1. The molecule has 1 aromatic carbocycles. The number of nitrogens with two attached hydrogens (primary N) is 2. The van der Waals surface area contributed by atoms with E-state index < -0.39 is 0 Å². The molecule has 0 radical (unpaired) electrons. The highest BCUT2D eigenvalue weighted by Crippen LogP contribution is 2.30. The van der Waals surface area contributed by atoms with E-state index in [0.29, 0.717) is 28.0 Å². The summed E-state index contributed by atoms with van der Waals surface area (Å²) in [7, 11) is 1.60. The number of oxime groups is 1.